The van der Waals surface area contributed by atoms with E-state index in [2.05, 4.69) is 15.5 Å². The number of hydrogen-bond donors (Lipinski definition) is 1. The van der Waals surface area contributed by atoms with E-state index in [0.717, 1.165) is 11.3 Å². The number of rotatable bonds is 7. The number of carbonyl (C=O) groups is 1. The van der Waals surface area contributed by atoms with Gasteiger partial charge in [-0.25, -0.2) is 0 Å². The van der Waals surface area contributed by atoms with Gasteiger partial charge in [0, 0.05) is 11.6 Å². The Balaban J connectivity index is 1.92. The molecule has 0 unspecified atom stereocenters. The first-order chi connectivity index (χ1) is 11.0. The number of thioether (sulfide) groups is 1. The van der Waals surface area contributed by atoms with Crippen molar-refractivity contribution in [3.8, 4) is 17.2 Å². The molecular weight excluding hydrogens is 314 g/mol. The lowest BCUT2D eigenvalue weighted by molar-refractivity contribution is -0.120. The van der Waals surface area contributed by atoms with Gasteiger partial charge >= 0.3 is 0 Å². The maximum absolute atomic E-state index is 11.9. The van der Waals surface area contributed by atoms with Crippen molar-refractivity contribution in [1.82, 2.24) is 15.5 Å². The number of hydrogen-bond acceptors (Lipinski definition) is 6. The maximum atomic E-state index is 11.9. The Morgan fingerprint density at radius 3 is 2.61 bits per heavy atom. The second-order valence-corrected chi connectivity index (χ2v) is 6.69. The van der Waals surface area contributed by atoms with Gasteiger partial charge < -0.3 is 14.6 Å². The molecule has 23 heavy (non-hydrogen) atoms. The van der Waals surface area contributed by atoms with Crippen LogP contribution < -0.4 is 10.1 Å². The number of ether oxygens (including phenoxy) is 1. The Kier molecular flexibility index (Phi) is 6.04. The van der Waals surface area contributed by atoms with Crippen LogP contribution in [0.3, 0.4) is 0 Å². The van der Waals surface area contributed by atoms with Crippen LogP contribution in [0.2, 0.25) is 0 Å². The first-order valence-electron chi connectivity index (χ1n) is 7.38. The van der Waals surface area contributed by atoms with E-state index in [-0.39, 0.29) is 17.2 Å². The summed E-state index contributed by atoms with van der Waals surface area (Å²) >= 11 is 1.48. The van der Waals surface area contributed by atoms with Crippen LogP contribution in [-0.2, 0) is 10.5 Å². The monoisotopic (exact) mass is 335 g/mol. The van der Waals surface area contributed by atoms with E-state index in [1.807, 2.05) is 45.0 Å². The lowest BCUT2D eigenvalue weighted by Gasteiger charge is -2.13. The average molecular weight is 335 g/mol. The molecule has 1 amide bonds. The van der Waals surface area contributed by atoms with Crippen molar-refractivity contribution in [2.75, 3.05) is 7.11 Å². The summed E-state index contributed by atoms with van der Waals surface area (Å²) in [5, 5.41) is 6.68. The molecule has 1 heterocycles. The number of carbonyl (C=O) groups excluding carboxylic acids is 1. The van der Waals surface area contributed by atoms with Gasteiger partial charge in [0.2, 0.25) is 5.91 Å². The standard InChI is InChI=1S/C16H21N3O3S/c1-10(2)17-15(20)11(3)23-9-14-18-16(22-19-14)12-5-7-13(21-4)8-6-12/h5-8,10-11H,9H2,1-4H3,(H,17,20)/t11-/m0/s1. The number of nitrogens with zero attached hydrogens (tertiary/aromatic N) is 2. The highest BCUT2D eigenvalue weighted by molar-refractivity contribution is 7.99. The number of benzene rings is 1. The van der Waals surface area contributed by atoms with E-state index in [1.165, 1.54) is 11.8 Å². The predicted octanol–water partition coefficient (Wildman–Crippen LogP) is 2.89. The molecule has 0 radical (unpaired) electrons. The third kappa shape index (κ3) is 4.99. The van der Waals surface area contributed by atoms with Crippen molar-refractivity contribution in [1.29, 1.82) is 0 Å². The third-order valence-corrected chi connectivity index (χ3v) is 4.21. The van der Waals surface area contributed by atoms with Crippen LogP contribution in [0.4, 0.5) is 0 Å². The van der Waals surface area contributed by atoms with E-state index < -0.39 is 0 Å². The maximum Gasteiger partial charge on any atom is 0.257 e. The molecule has 0 aliphatic carbocycles. The van der Waals surface area contributed by atoms with Gasteiger partial charge in [-0.1, -0.05) is 5.16 Å². The molecule has 1 atom stereocenters. The van der Waals surface area contributed by atoms with Crippen molar-refractivity contribution < 1.29 is 14.1 Å². The SMILES string of the molecule is COc1ccc(-c2nc(CS[C@@H](C)C(=O)NC(C)C)no2)cc1. The largest absolute Gasteiger partial charge is 0.497 e. The van der Waals surface area contributed by atoms with Crippen molar-refractivity contribution in [2.24, 2.45) is 0 Å². The summed E-state index contributed by atoms with van der Waals surface area (Å²) in [5.41, 5.74) is 0.833. The summed E-state index contributed by atoms with van der Waals surface area (Å²) in [5.74, 6) is 2.34. The average Bonchev–Trinajstić information content (AvgIpc) is 3.01. The third-order valence-electron chi connectivity index (χ3n) is 3.07. The molecule has 124 valence electrons. The zero-order chi connectivity index (χ0) is 16.8. The van der Waals surface area contributed by atoms with Gasteiger partial charge in [0.1, 0.15) is 5.75 Å². The molecule has 0 fully saturated rings. The fourth-order valence-corrected chi connectivity index (χ4v) is 2.58. The van der Waals surface area contributed by atoms with E-state index in [9.17, 15) is 4.79 Å². The molecule has 1 aromatic carbocycles. The van der Waals surface area contributed by atoms with Crippen molar-refractivity contribution >= 4 is 17.7 Å². The zero-order valence-electron chi connectivity index (χ0n) is 13.7. The number of methoxy groups -OCH3 is 1. The molecule has 2 rings (SSSR count). The lowest BCUT2D eigenvalue weighted by Crippen LogP contribution is -2.35. The molecular formula is C16H21N3O3S. The van der Waals surface area contributed by atoms with Gasteiger partial charge in [-0.05, 0) is 45.0 Å². The molecule has 7 heteroatoms. The van der Waals surface area contributed by atoms with E-state index in [1.54, 1.807) is 7.11 Å². The quantitative estimate of drug-likeness (QED) is 0.838. The van der Waals surface area contributed by atoms with Crippen LogP contribution in [0.25, 0.3) is 11.5 Å². The molecule has 0 aliphatic heterocycles. The van der Waals surface area contributed by atoms with Crippen molar-refractivity contribution in [3.05, 3.63) is 30.1 Å². The second kappa shape index (κ2) is 8.01. The highest BCUT2D eigenvalue weighted by Gasteiger charge is 2.16. The second-order valence-electron chi connectivity index (χ2n) is 5.36. The Bertz CT molecular complexity index is 640. The van der Waals surface area contributed by atoms with Gasteiger partial charge in [0.05, 0.1) is 18.1 Å². The van der Waals surface area contributed by atoms with Gasteiger partial charge in [0.15, 0.2) is 5.82 Å². The summed E-state index contributed by atoms with van der Waals surface area (Å²) in [6, 6.07) is 7.54. The highest BCUT2D eigenvalue weighted by atomic mass is 32.2. The minimum atomic E-state index is -0.166. The summed E-state index contributed by atoms with van der Waals surface area (Å²) in [6.45, 7) is 5.75. The van der Waals surface area contributed by atoms with E-state index in [4.69, 9.17) is 9.26 Å². The smallest absolute Gasteiger partial charge is 0.257 e. The summed E-state index contributed by atoms with van der Waals surface area (Å²) in [4.78, 5) is 16.2. The summed E-state index contributed by atoms with van der Waals surface area (Å²) in [7, 11) is 1.62. The Labute approximate surface area is 140 Å². The Hall–Kier alpha value is -2.02. The molecule has 0 saturated carbocycles. The predicted molar refractivity (Wildman–Crippen MR) is 90.3 cm³/mol. The molecule has 1 aromatic heterocycles. The molecule has 0 spiro atoms. The van der Waals surface area contributed by atoms with Crippen LogP contribution >= 0.6 is 11.8 Å². The zero-order valence-corrected chi connectivity index (χ0v) is 14.5. The van der Waals surface area contributed by atoms with Crippen LogP contribution in [0.15, 0.2) is 28.8 Å². The van der Waals surface area contributed by atoms with Gasteiger partial charge in [0.25, 0.3) is 5.89 Å². The lowest BCUT2D eigenvalue weighted by atomic mass is 10.2. The molecule has 1 N–H and O–H groups in total. The summed E-state index contributed by atoms with van der Waals surface area (Å²) in [6.07, 6.45) is 0. The Morgan fingerprint density at radius 2 is 2.00 bits per heavy atom. The fourth-order valence-electron chi connectivity index (χ4n) is 1.84. The van der Waals surface area contributed by atoms with Gasteiger partial charge in [-0.15, -0.1) is 11.8 Å². The molecule has 0 bridgehead atoms. The molecule has 6 nitrogen and oxygen atoms in total. The van der Waals surface area contributed by atoms with Crippen molar-refractivity contribution in [3.63, 3.8) is 0 Å². The van der Waals surface area contributed by atoms with Crippen LogP contribution in [0.5, 0.6) is 5.75 Å². The molecule has 0 aliphatic rings. The first kappa shape index (κ1) is 17.3. The molecule has 0 saturated heterocycles. The number of nitrogens with one attached hydrogen (secondary N) is 1. The minimum absolute atomic E-state index is 0.0175. The topological polar surface area (TPSA) is 77.2 Å². The van der Waals surface area contributed by atoms with Crippen LogP contribution in [0, 0.1) is 0 Å². The first-order valence-corrected chi connectivity index (χ1v) is 8.43. The summed E-state index contributed by atoms with van der Waals surface area (Å²) < 4.78 is 10.4. The van der Waals surface area contributed by atoms with Crippen LogP contribution in [-0.4, -0.2) is 34.4 Å². The normalized spacial score (nSPS) is 12.2. The van der Waals surface area contributed by atoms with Crippen LogP contribution in [0.1, 0.15) is 26.6 Å². The Morgan fingerprint density at radius 1 is 1.30 bits per heavy atom. The van der Waals surface area contributed by atoms with Crippen molar-refractivity contribution in [2.45, 2.75) is 37.8 Å². The highest BCUT2D eigenvalue weighted by Crippen LogP contribution is 2.22. The number of aromatic nitrogens is 2. The fraction of sp³-hybridized carbons (Fsp3) is 0.438. The van der Waals surface area contributed by atoms with Gasteiger partial charge in [-0.3, -0.25) is 4.79 Å². The van der Waals surface area contributed by atoms with E-state index in [0.29, 0.717) is 17.5 Å². The van der Waals surface area contributed by atoms with E-state index >= 15 is 0 Å². The number of amides is 1. The van der Waals surface area contributed by atoms with Gasteiger partial charge in [-0.2, -0.15) is 4.98 Å². The minimum Gasteiger partial charge on any atom is -0.497 e. The molecule has 2 aromatic rings.